The monoisotopic (exact) mass is 259 g/mol. The lowest BCUT2D eigenvalue weighted by Gasteiger charge is -2.29. The number of nitrogens with zero attached hydrogens (tertiary/aromatic N) is 1. The third-order valence-electron chi connectivity index (χ3n) is 3.04. The molecule has 102 valence electrons. The first-order valence-electron chi connectivity index (χ1n) is 6.68. The van der Waals surface area contributed by atoms with Crippen LogP contribution >= 0.6 is 0 Å². The van der Waals surface area contributed by atoms with E-state index in [9.17, 15) is 4.79 Å². The maximum Gasteiger partial charge on any atom is 0.414 e. The van der Waals surface area contributed by atoms with Crippen LogP contribution in [0.5, 0.6) is 0 Å². The van der Waals surface area contributed by atoms with Crippen LogP contribution in [-0.4, -0.2) is 23.1 Å². The predicted molar refractivity (Wildman–Crippen MR) is 75.9 cm³/mol. The Bertz CT molecular complexity index is 459. The fraction of sp³-hybridized carbons (Fsp3) is 0.438. The Hall–Kier alpha value is -1.77. The summed E-state index contributed by atoms with van der Waals surface area (Å²) in [5.41, 5.74) is 0.851. The molecule has 1 aliphatic rings. The average molecular weight is 259 g/mol. The summed E-state index contributed by atoms with van der Waals surface area (Å²) in [4.78, 5) is 13.6. The summed E-state index contributed by atoms with van der Waals surface area (Å²) in [7, 11) is 0. The van der Waals surface area contributed by atoms with E-state index in [-0.39, 0.29) is 6.09 Å². The van der Waals surface area contributed by atoms with Gasteiger partial charge in [-0.25, -0.2) is 4.79 Å². The number of hydrogen-bond acceptors (Lipinski definition) is 2. The molecule has 0 saturated carbocycles. The molecule has 3 heteroatoms. The summed E-state index contributed by atoms with van der Waals surface area (Å²) < 4.78 is 5.35. The topological polar surface area (TPSA) is 29.5 Å². The quantitative estimate of drug-likeness (QED) is 0.765. The molecule has 1 aliphatic heterocycles. The van der Waals surface area contributed by atoms with Crippen LogP contribution in [0.4, 0.5) is 4.79 Å². The molecule has 1 unspecified atom stereocenters. The van der Waals surface area contributed by atoms with Crippen molar-refractivity contribution in [1.82, 2.24) is 4.90 Å². The molecule has 0 radical (unpaired) electrons. The van der Waals surface area contributed by atoms with Gasteiger partial charge < -0.3 is 4.74 Å². The lowest BCUT2D eigenvalue weighted by Crippen LogP contribution is -2.35. The van der Waals surface area contributed by atoms with Crippen LogP contribution in [0.3, 0.4) is 0 Å². The van der Waals surface area contributed by atoms with E-state index in [1.54, 1.807) is 4.90 Å². The van der Waals surface area contributed by atoms with Crippen LogP contribution in [-0.2, 0) is 4.74 Å². The first kappa shape index (κ1) is 13.7. The van der Waals surface area contributed by atoms with Crippen molar-refractivity contribution in [2.75, 3.05) is 6.54 Å². The van der Waals surface area contributed by atoms with Crippen molar-refractivity contribution >= 4 is 6.09 Å². The molecule has 19 heavy (non-hydrogen) atoms. The number of ether oxygens (including phenoxy) is 1. The van der Waals surface area contributed by atoms with Crippen LogP contribution in [0.2, 0.25) is 0 Å². The van der Waals surface area contributed by atoms with E-state index >= 15 is 0 Å². The van der Waals surface area contributed by atoms with Crippen molar-refractivity contribution in [3.05, 3.63) is 48.2 Å². The Morgan fingerprint density at radius 1 is 1.26 bits per heavy atom. The Labute approximate surface area is 114 Å². The summed E-state index contributed by atoms with van der Waals surface area (Å²) in [6.45, 7) is 6.34. The predicted octanol–water partition coefficient (Wildman–Crippen LogP) is 3.92. The van der Waals surface area contributed by atoms with Crippen LogP contribution in [0.1, 0.15) is 38.7 Å². The summed E-state index contributed by atoms with van der Waals surface area (Å²) in [5, 5.41) is 0. The highest BCUT2D eigenvalue weighted by Gasteiger charge is 2.24. The van der Waals surface area contributed by atoms with Gasteiger partial charge in [0.05, 0.1) is 0 Å². The normalized spacial score (nSPS) is 19.3. The fourth-order valence-corrected chi connectivity index (χ4v) is 2.11. The number of allylic oxidation sites excluding steroid dienone is 1. The van der Waals surface area contributed by atoms with E-state index in [2.05, 4.69) is 18.2 Å². The van der Waals surface area contributed by atoms with Gasteiger partial charge in [0.15, 0.2) is 0 Å². The first-order chi connectivity index (χ1) is 8.96. The summed E-state index contributed by atoms with van der Waals surface area (Å²) in [6, 6.07) is 10.4. The van der Waals surface area contributed by atoms with Crippen molar-refractivity contribution in [2.24, 2.45) is 0 Å². The second-order valence-electron chi connectivity index (χ2n) is 5.82. The van der Waals surface area contributed by atoms with Gasteiger partial charge in [0.1, 0.15) is 5.60 Å². The minimum Gasteiger partial charge on any atom is -0.443 e. The lowest BCUT2D eigenvalue weighted by atomic mass is 9.94. The molecular weight excluding hydrogens is 238 g/mol. The van der Waals surface area contributed by atoms with E-state index in [1.165, 1.54) is 5.56 Å². The third kappa shape index (κ3) is 3.85. The fourth-order valence-electron chi connectivity index (χ4n) is 2.11. The lowest BCUT2D eigenvalue weighted by molar-refractivity contribution is 0.0324. The van der Waals surface area contributed by atoms with Gasteiger partial charge in [0, 0.05) is 18.7 Å². The van der Waals surface area contributed by atoms with E-state index < -0.39 is 5.60 Å². The molecule has 1 aromatic rings. The zero-order valence-corrected chi connectivity index (χ0v) is 11.8. The highest BCUT2D eigenvalue weighted by atomic mass is 16.6. The third-order valence-corrected chi connectivity index (χ3v) is 3.04. The molecule has 0 saturated heterocycles. The number of rotatable bonds is 1. The Morgan fingerprint density at radius 2 is 1.95 bits per heavy atom. The molecule has 1 amide bonds. The van der Waals surface area contributed by atoms with E-state index in [4.69, 9.17) is 4.74 Å². The Kier molecular flexibility index (Phi) is 3.93. The van der Waals surface area contributed by atoms with E-state index in [1.807, 2.05) is 45.2 Å². The number of carbonyl (C=O) groups excluding carboxylic acids is 1. The van der Waals surface area contributed by atoms with Gasteiger partial charge in [-0.15, -0.1) is 0 Å². The van der Waals surface area contributed by atoms with Crippen LogP contribution < -0.4 is 0 Å². The summed E-state index contributed by atoms with van der Waals surface area (Å²) >= 11 is 0. The number of benzene rings is 1. The minimum absolute atomic E-state index is 0.268. The van der Waals surface area contributed by atoms with E-state index in [0.29, 0.717) is 12.5 Å². The Balaban J connectivity index is 1.98. The molecule has 1 heterocycles. The number of hydrogen-bond donors (Lipinski definition) is 0. The van der Waals surface area contributed by atoms with Crippen molar-refractivity contribution in [3.8, 4) is 0 Å². The molecule has 0 aliphatic carbocycles. The van der Waals surface area contributed by atoms with E-state index in [0.717, 1.165) is 6.42 Å². The second kappa shape index (κ2) is 5.47. The van der Waals surface area contributed by atoms with Gasteiger partial charge in [0.25, 0.3) is 0 Å². The second-order valence-corrected chi connectivity index (χ2v) is 5.82. The van der Waals surface area contributed by atoms with Crippen molar-refractivity contribution < 1.29 is 9.53 Å². The molecular formula is C16H21NO2. The van der Waals surface area contributed by atoms with Gasteiger partial charge in [0.2, 0.25) is 0 Å². The van der Waals surface area contributed by atoms with Crippen molar-refractivity contribution in [3.63, 3.8) is 0 Å². The summed E-state index contributed by atoms with van der Waals surface area (Å²) in [6.07, 6.45) is 4.58. The maximum atomic E-state index is 11.9. The zero-order valence-electron chi connectivity index (χ0n) is 11.8. The molecule has 0 aromatic heterocycles. The minimum atomic E-state index is -0.443. The first-order valence-corrected chi connectivity index (χ1v) is 6.68. The number of amides is 1. The average Bonchev–Trinajstić information content (AvgIpc) is 2.38. The molecule has 2 rings (SSSR count). The summed E-state index contributed by atoms with van der Waals surface area (Å²) in [5.74, 6) is 0.389. The Morgan fingerprint density at radius 3 is 2.47 bits per heavy atom. The number of carbonyl (C=O) groups is 1. The highest BCUT2D eigenvalue weighted by Crippen LogP contribution is 2.25. The largest absolute Gasteiger partial charge is 0.443 e. The molecule has 1 aromatic carbocycles. The van der Waals surface area contributed by atoms with Crippen LogP contribution in [0, 0.1) is 0 Å². The molecule has 0 bridgehead atoms. The van der Waals surface area contributed by atoms with Gasteiger partial charge in [-0.2, -0.15) is 0 Å². The molecule has 0 fully saturated rings. The maximum absolute atomic E-state index is 11.9. The van der Waals surface area contributed by atoms with Crippen LogP contribution in [0.15, 0.2) is 42.6 Å². The zero-order chi connectivity index (χ0) is 13.9. The van der Waals surface area contributed by atoms with Gasteiger partial charge in [-0.05, 0) is 32.8 Å². The smallest absolute Gasteiger partial charge is 0.414 e. The van der Waals surface area contributed by atoms with Crippen molar-refractivity contribution in [2.45, 2.75) is 38.7 Å². The standard InChI is InChI=1S/C16H21NO2/c1-16(2,3)19-15(18)17-11-9-14(10-12-17)13-7-5-4-6-8-13/h4-9,11,14H,10,12H2,1-3H3. The van der Waals surface area contributed by atoms with Gasteiger partial charge in [-0.1, -0.05) is 36.4 Å². The molecule has 0 N–H and O–H groups in total. The highest BCUT2D eigenvalue weighted by molar-refractivity contribution is 5.69. The SMILES string of the molecule is CC(C)(C)OC(=O)N1C=CC(c2ccccc2)CC1. The van der Waals surface area contributed by atoms with Gasteiger partial charge in [-0.3, -0.25) is 4.90 Å². The van der Waals surface area contributed by atoms with Crippen LogP contribution in [0.25, 0.3) is 0 Å². The molecule has 3 nitrogen and oxygen atoms in total. The van der Waals surface area contributed by atoms with Crippen molar-refractivity contribution in [1.29, 1.82) is 0 Å². The van der Waals surface area contributed by atoms with Gasteiger partial charge >= 0.3 is 6.09 Å². The molecule has 0 spiro atoms. The molecule has 1 atom stereocenters.